The van der Waals surface area contributed by atoms with E-state index in [0.29, 0.717) is 12.8 Å². The summed E-state index contributed by atoms with van der Waals surface area (Å²) >= 11 is 0. The van der Waals surface area contributed by atoms with E-state index in [1.807, 2.05) is 0 Å². The Morgan fingerprint density at radius 1 is 0.411 bits per heavy atom. The van der Waals surface area contributed by atoms with Gasteiger partial charge in [-0.2, -0.15) is 0 Å². The van der Waals surface area contributed by atoms with Crippen LogP contribution in [0.15, 0.2) is 146 Å². The summed E-state index contributed by atoms with van der Waals surface area (Å²) in [5, 5.41) is 0. The fourth-order valence-corrected chi connectivity index (χ4v) is 7.88. The van der Waals surface area contributed by atoms with Gasteiger partial charge in [-0.25, -0.2) is 4.57 Å². The van der Waals surface area contributed by atoms with Crippen molar-refractivity contribution in [2.75, 3.05) is 26.4 Å². The Balaban J connectivity index is 4.02. The molecule has 412 valence electrons. The van der Waals surface area contributed by atoms with Crippen molar-refractivity contribution in [1.29, 1.82) is 0 Å². The van der Waals surface area contributed by atoms with Crippen LogP contribution in [0.25, 0.3) is 0 Å². The summed E-state index contributed by atoms with van der Waals surface area (Å²) < 4.78 is 32.9. The lowest BCUT2D eigenvalue weighted by Gasteiger charge is -2.19. The monoisotopic (exact) mass is 1030 g/mol. The molecule has 0 aromatic heterocycles. The molecule has 0 heterocycles. The summed E-state index contributed by atoms with van der Waals surface area (Å²) in [7, 11) is -4.40. The Morgan fingerprint density at radius 3 is 1.05 bits per heavy atom. The number of unbranched alkanes of at least 4 members (excludes halogenated alkanes) is 14. The second-order valence-electron chi connectivity index (χ2n) is 18.0. The summed E-state index contributed by atoms with van der Waals surface area (Å²) in [5.41, 5.74) is 5.37. The van der Waals surface area contributed by atoms with Gasteiger partial charge in [0.25, 0.3) is 0 Å². The first-order valence-corrected chi connectivity index (χ1v) is 29.8. The summed E-state index contributed by atoms with van der Waals surface area (Å²) in [6.45, 7) is 3.46. The van der Waals surface area contributed by atoms with Crippen molar-refractivity contribution in [3.8, 4) is 0 Å². The molecule has 73 heavy (non-hydrogen) atoms. The molecule has 3 N–H and O–H groups in total. The normalized spacial score (nSPS) is 14.2. The number of rotatable bonds is 51. The Morgan fingerprint density at radius 2 is 0.712 bits per heavy atom. The SMILES string of the molecule is CC/C=C\C/C=C\C/C=C\C/C=C\C/C=C\C/C=C\C/C=C\C/C=C\C/C=C\CCCCCCCCCCCC(=O)OC(COC(=O)CCCCCCC/C=C\C/C=C\C/C=C\CC)COP(=O)(O)OCCN. The molecule has 0 bridgehead atoms. The van der Waals surface area contributed by atoms with Gasteiger partial charge in [-0.15, -0.1) is 0 Å². The smallest absolute Gasteiger partial charge is 0.462 e. The maximum absolute atomic E-state index is 12.7. The lowest BCUT2D eigenvalue weighted by molar-refractivity contribution is -0.161. The Bertz CT molecular complexity index is 1700. The van der Waals surface area contributed by atoms with E-state index in [-0.39, 0.29) is 32.6 Å². The van der Waals surface area contributed by atoms with Crippen LogP contribution in [0.1, 0.15) is 206 Å². The summed E-state index contributed by atoms with van der Waals surface area (Å²) in [6.07, 6.45) is 81.9. The minimum atomic E-state index is -4.40. The average molecular weight is 1030 g/mol. The van der Waals surface area contributed by atoms with Crippen LogP contribution in [0, 0.1) is 0 Å². The molecule has 0 aromatic rings. The molecule has 9 nitrogen and oxygen atoms in total. The number of esters is 2. The zero-order valence-electron chi connectivity index (χ0n) is 45.8. The zero-order valence-corrected chi connectivity index (χ0v) is 46.7. The van der Waals surface area contributed by atoms with Crippen molar-refractivity contribution >= 4 is 19.8 Å². The first-order chi connectivity index (χ1) is 35.8. The van der Waals surface area contributed by atoms with Gasteiger partial charge in [-0.1, -0.05) is 224 Å². The topological polar surface area (TPSA) is 134 Å². The number of hydrogen-bond donors (Lipinski definition) is 2. The number of carbonyl (C=O) groups excluding carboxylic acids is 2. The van der Waals surface area contributed by atoms with Gasteiger partial charge in [-0.05, 0) is 116 Å². The van der Waals surface area contributed by atoms with E-state index < -0.39 is 32.5 Å². The van der Waals surface area contributed by atoms with Gasteiger partial charge in [-0.3, -0.25) is 18.6 Å². The van der Waals surface area contributed by atoms with Crippen LogP contribution < -0.4 is 5.73 Å². The van der Waals surface area contributed by atoms with E-state index in [2.05, 4.69) is 160 Å². The van der Waals surface area contributed by atoms with Crippen LogP contribution in [0.2, 0.25) is 0 Å². The van der Waals surface area contributed by atoms with Gasteiger partial charge in [0.1, 0.15) is 6.61 Å². The molecule has 0 aliphatic heterocycles. The van der Waals surface area contributed by atoms with Crippen LogP contribution >= 0.6 is 7.82 Å². The fraction of sp³-hybridized carbons (Fsp3) is 0.587. The van der Waals surface area contributed by atoms with Gasteiger partial charge >= 0.3 is 19.8 Å². The predicted octanol–water partition coefficient (Wildman–Crippen LogP) is 18.0. The third-order valence-corrected chi connectivity index (χ3v) is 12.2. The lowest BCUT2D eigenvalue weighted by Crippen LogP contribution is -2.29. The van der Waals surface area contributed by atoms with Crippen LogP contribution in [0.3, 0.4) is 0 Å². The second-order valence-corrected chi connectivity index (χ2v) is 19.5. The molecular formula is C63H102NO8P. The molecule has 0 saturated carbocycles. The fourth-order valence-electron chi connectivity index (χ4n) is 7.11. The van der Waals surface area contributed by atoms with Gasteiger partial charge in [0.2, 0.25) is 0 Å². The minimum absolute atomic E-state index is 0.0422. The molecule has 0 spiro atoms. The number of nitrogens with two attached hydrogens (primary N) is 1. The van der Waals surface area contributed by atoms with Crippen molar-refractivity contribution < 1.29 is 37.6 Å². The maximum Gasteiger partial charge on any atom is 0.472 e. The van der Waals surface area contributed by atoms with Crippen LogP contribution in [-0.2, 0) is 32.7 Å². The van der Waals surface area contributed by atoms with Crippen molar-refractivity contribution in [3.63, 3.8) is 0 Å². The van der Waals surface area contributed by atoms with Crippen molar-refractivity contribution in [1.82, 2.24) is 0 Å². The van der Waals surface area contributed by atoms with Gasteiger partial charge in [0.15, 0.2) is 6.10 Å². The molecule has 0 saturated heterocycles. The Kier molecular flexibility index (Phi) is 54.0. The van der Waals surface area contributed by atoms with E-state index in [0.717, 1.165) is 135 Å². The Labute approximate surface area is 446 Å². The first-order valence-electron chi connectivity index (χ1n) is 28.3. The molecule has 0 rings (SSSR count). The number of allylic oxidation sites excluding steroid dienone is 24. The van der Waals surface area contributed by atoms with Gasteiger partial charge in [0, 0.05) is 19.4 Å². The lowest BCUT2D eigenvalue weighted by atomic mass is 10.1. The van der Waals surface area contributed by atoms with E-state index in [1.54, 1.807) is 0 Å². The maximum atomic E-state index is 12.7. The quantitative estimate of drug-likeness (QED) is 0.0264. The molecule has 2 atom stereocenters. The van der Waals surface area contributed by atoms with E-state index in [4.69, 9.17) is 24.3 Å². The molecule has 0 aliphatic carbocycles. The van der Waals surface area contributed by atoms with E-state index in [1.165, 1.54) is 32.1 Å². The highest BCUT2D eigenvalue weighted by Crippen LogP contribution is 2.43. The van der Waals surface area contributed by atoms with Crippen molar-refractivity contribution in [2.45, 2.75) is 213 Å². The van der Waals surface area contributed by atoms with Crippen molar-refractivity contribution in [2.24, 2.45) is 5.73 Å². The third-order valence-electron chi connectivity index (χ3n) is 11.2. The van der Waals surface area contributed by atoms with Gasteiger partial charge in [0.05, 0.1) is 13.2 Å². The van der Waals surface area contributed by atoms with Crippen LogP contribution in [0.4, 0.5) is 0 Å². The van der Waals surface area contributed by atoms with Gasteiger partial charge < -0.3 is 20.1 Å². The number of phosphoric acid groups is 1. The highest BCUT2D eigenvalue weighted by Gasteiger charge is 2.26. The summed E-state index contributed by atoms with van der Waals surface area (Å²) in [4.78, 5) is 35.1. The highest BCUT2D eigenvalue weighted by atomic mass is 31.2. The Hall–Kier alpha value is -4.11. The molecule has 2 unspecified atom stereocenters. The standard InChI is InChI=1S/C63H102NO8P/c1-3-5-7-9-11-13-15-17-19-20-21-22-23-24-25-26-27-28-29-30-31-32-33-34-35-36-37-38-39-40-42-44-46-48-50-52-54-56-63(66)72-61(60-71-73(67,68)70-58-57-64)59-69-62(65)55-53-51-49-47-45-43-41-18-16-14-12-10-8-6-4-2/h5-8,11-14,17-19,21-22,24-25,27-28,30-31,33-34,36-37,41,61H,3-4,9-10,15-16,20,23,26,29,32,35,38-40,42-60,64H2,1-2H3,(H,67,68)/b7-5-,8-6-,13-11-,14-12-,19-17-,22-21-,25-24-,28-27-,31-30-,34-33-,37-36-,41-18-. The van der Waals surface area contributed by atoms with Crippen LogP contribution in [-0.4, -0.2) is 49.3 Å². The molecule has 0 aliphatic rings. The molecular weight excluding hydrogens is 930 g/mol. The second kappa shape index (κ2) is 57.2. The van der Waals surface area contributed by atoms with E-state index >= 15 is 0 Å². The van der Waals surface area contributed by atoms with E-state index in [9.17, 15) is 19.0 Å². The number of ether oxygens (including phenoxy) is 2. The molecule has 0 amide bonds. The predicted molar refractivity (Wildman–Crippen MR) is 311 cm³/mol. The first kappa shape index (κ1) is 68.9. The number of hydrogen-bond acceptors (Lipinski definition) is 8. The summed E-state index contributed by atoms with van der Waals surface area (Å²) in [5.74, 6) is -0.866. The minimum Gasteiger partial charge on any atom is -0.462 e. The molecule has 0 aromatic carbocycles. The molecule has 0 radical (unpaired) electrons. The number of phosphoric ester groups is 1. The van der Waals surface area contributed by atoms with Crippen molar-refractivity contribution in [3.05, 3.63) is 146 Å². The number of carbonyl (C=O) groups is 2. The van der Waals surface area contributed by atoms with Crippen LogP contribution in [0.5, 0.6) is 0 Å². The molecule has 10 heteroatoms. The largest absolute Gasteiger partial charge is 0.472 e. The third kappa shape index (κ3) is 57.0. The average Bonchev–Trinajstić information content (AvgIpc) is 3.38. The zero-order chi connectivity index (χ0) is 53.1. The summed E-state index contributed by atoms with van der Waals surface area (Å²) in [6, 6.07) is 0. The highest BCUT2D eigenvalue weighted by molar-refractivity contribution is 7.47. The molecule has 0 fully saturated rings.